The molecule has 4 atom stereocenters. The van der Waals surface area contributed by atoms with Crippen molar-refractivity contribution < 1.29 is 14.3 Å². The Kier molecular flexibility index (Phi) is 5.28. The van der Waals surface area contributed by atoms with Crippen LogP contribution in [0.15, 0.2) is 30.3 Å². The average molecular weight is 304 g/mol. The molecule has 0 bridgehead atoms. The molecule has 22 heavy (non-hydrogen) atoms. The molecule has 1 aliphatic rings. The van der Waals surface area contributed by atoms with E-state index in [4.69, 9.17) is 9.47 Å². The molecule has 1 saturated heterocycles. The molecule has 1 fully saturated rings. The molecule has 0 aliphatic carbocycles. The van der Waals surface area contributed by atoms with Crippen LogP contribution in [0.5, 0.6) is 0 Å². The van der Waals surface area contributed by atoms with E-state index in [1.165, 1.54) is 5.56 Å². The second-order valence-electron chi connectivity index (χ2n) is 7.31. The first kappa shape index (κ1) is 17.0. The number of esters is 1. The highest BCUT2D eigenvalue weighted by Crippen LogP contribution is 2.39. The van der Waals surface area contributed by atoms with Gasteiger partial charge in [0.15, 0.2) is 0 Å². The maximum atomic E-state index is 12.6. The molecule has 0 amide bonds. The van der Waals surface area contributed by atoms with Gasteiger partial charge in [-0.2, -0.15) is 0 Å². The fraction of sp³-hybridized carbons (Fsp3) is 0.632. The van der Waals surface area contributed by atoms with E-state index in [9.17, 15) is 4.79 Å². The maximum absolute atomic E-state index is 12.6. The minimum atomic E-state index is -0.468. The van der Waals surface area contributed by atoms with Gasteiger partial charge in [-0.1, -0.05) is 64.4 Å². The Morgan fingerprint density at radius 1 is 1.18 bits per heavy atom. The Balaban J connectivity index is 2.24. The lowest BCUT2D eigenvalue weighted by molar-refractivity contribution is -0.256. The molecular weight excluding hydrogens is 276 g/mol. The molecule has 0 saturated carbocycles. The molecule has 122 valence electrons. The number of cyclic esters (lactones) is 1. The second-order valence-corrected chi connectivity index (χ2v) is 7.31. The molecule has 4 unspecified atom stereocenters. The zero-order valence-electron chi connectivity index (χ0n) is 14.3. The van der Waals surface area contributed by atoms with E-state index in [0.717, 1.165) is 12.8 Å². The van der Waals surface area contributed by atoms with Gasteiger partial charge in [-0.05, 0) is 24.8 Å². The highest BCUT2D eigenvalue weighted by Gasteiger charge is 2.45. The van der Waals surface area contributed by atoms with Crippen LogP contribution in [0.25, 0.3) is 0 Å². The third-order valence-electron chi connectivity index (χ3n) is 4.31. The number of carbonyl (C=O) groups excluding carboxylic acids is 1. The highest BCUT2D eigenvalue weighted by molar-refractivity contribution is 5.75. The number of hydrogen-bond donors (Lipinski definition) is 0. The third-order valence-corrected chi connectivity index (χ3v) is 4.31. The summed E-state index contributed by atoms with van der Waals surface area (Å²) in [6, 6.07) is 10.2. The summed E-state index contributed by atoms with van der Waals surface area (Å²) in [5, 5.41) is 0. The van der Waals surface area contributed by atoms with Gasteiger partial charge in [0.2, 0.25) is 6.29 Å². The highest BCUT2D eigenvalue weighted by atomic mass is 16.7. The number of hydrogen-bond acceptors (Lipinski definition) is 3. The molecule has 1 aliphatic heterocycles. The average Bonchev–Trinajstić information content (AvgIpc) is 2.45. The second kappa shape index (κ2) is 6.82. The predicted octanol–water partition coefficient (Wildman–Crippen LogP) is 4.52. The molecule has 1 heterocycles. The van der Waals surface area contributed by atoms with Gasteiger partial charge in [-0.15, -0.1) is 0 Å². The third kappa shape index (κ3) is 3.70. The van der Waals surface area contributed by atoms with Gasteiger partial charge in [0.25, 0.3) is 0 Å². The van der Waals surface area contributed by atoms with E-state index in [1.54, 1.807) is 0 Å². The lowest BCUT2D eigenvalue weighted by Gasteiger charge is -2.42. The quantitative estimate of drug-likeness (QED) is 0.767. The fourth-order valence-electron chi connectivity index (χ4n) is 3.12. The molecule has 0 radical (unpaired) electrons. The van der Waals surface area contributed by atoms with Crippen LogP contribution >= 0.6 is 0 Å². The topological polar surface area (TPSA) is 35.5 Å². The summed E-state index contributed by atoms with van der Waals surface area (Å²) in [6.45, 7) is 10.2. The van der Waals surface area contributed by atoms with Gasteiger partial charge >= 0.3 is 5.97 Å². The van der Waals surface area contributed by atoms with Crippen molar-refractivity contribution in [2.45, 2.75) is 65.8 Å². The van der Waals surface area contributed by atoms with Gasteiger partial charge in [-0.3, -0.25) is 4.79 Å². The van der Waals surface area contributed by atoms with Crippen molar-refractivity contribution in [2.24, 2.45) is 11.3 Å². The summed E-state index contributed by atoms with van der Waals surface area (Å²) in [4.78, 5) is 12.6. The molecule has 0 aromatic heterocycles. The summed E-state index contributed by atoms with van der Waals surface area (Å²) < 4.78 is 11.7. The number of rotatable bonds is 4. The minimum absolute atomic E-state index is 0.124. The SMILES string of the molecule is CCCC(c1ccccc1)C1C(=O)OC(C(C)(C)C)OC1C. The van der Waals surface area contributed by atoms with Crippen molar-refractivity contribution in [1.29, 1.82) is 0 Å². The first-order valence-corrected chi connectivity index (χ1v) is 8.25. The molecule has 0 N–H and O–H groups in total. The molecular formula is C19H28O3. The van der Waals surface area contributed by atoms with Gasteiger partial charge in [0, 0.05) is 5.41 Å². The molecule has 3 nitrogen and oxygen atoms in total. The van der Waals surface area contributed by atoms with Gasteiger partial charge in [0.1, 0.15) is 0 Å². The van der Waals surface area contributed by atoms with Gasteiger partial charge in [-0.25, -0.2) is 0 Å². The van der Waals surface area contributed by atoms with E-state index >= 15 is 0 Å². The van der Waals surface area contributed by atoms with Crippen LogP contribution in [0.4, 0.5) is 0 Å². The van der Waals surface area contributed by atoms with Crippen LogP contribution in [-0.2, 0) is 14.3 Å². The first-order valence-electron chi connectivity index (χ1n) is 8.25. The van der Waals surface area contributed by atoms with E-state index in [2.05, 4.69) is 19.1 Å². The Bertz CT molecular complexity index is 489. The molecule has 1 aromatic rings. The lowest BCUT2D eigenvalue weighted by Crippen LogP contribution is -2.49. The Morgan fingerprint density at radius 3 is 2.32 bits per heavy atom. The van der Waals surface area contributed by atoms with Crippen LogP contribution in [-0.4, -0.2) is 18.4 Å². The van der Waals surface area contributed by atoms with E-state index in [1.807, 2.05) is 45.9 Å². The minimum Gasteiger partial charge on any atom is -0.435 e. The normalized spacial score (nSPS) is 27.3. The van der Waals surface area contributed by atoms with Crippen LogP contribution < -0.4 is 0 Å². The van der Waals surface area contributed by atoms with E-state index < -0.39 is 6.29 Å². The lowest BCUT2D eigenvalue weighted by atomic mass is 9.79. The Morgan fingerprint density at radius 2 is 1.82 bits per heavy atom. The van der Waals surface area contributed by atoms with Crippen LogP contribution in [0.1, 0.15) is 58.9 Å². The van der Waals surface area contributed by atoms with Crippen molar-refractivity contribution in [1.82, 2.24) is 0 Å². The standard InChI is InChI=1S/C19H28O3/c1-6-10-15(14-11-8-7-9-12-14)16-13(2)21-18(19(3,4)5)22-17(16)20/h7-9,11-13,15-16,18H,6,10H2,1-5H3. The van der Waals surface area contributed by atoms with E-state index in [0.29, 0.717) is 0 Å². The van der Waals surface area contributed by atoms with Crippen LogP contribution in [0, 0.1) is 11.3 Å². The van der Waals surface area contributed by atoms with Crippen LogP contribution in [0.3, 0.4) is 0 Å². The molecule has 3 heteroatoms. The number of benzene rings is 1. The number of carbonyl (C=O) groups is 1. The largest absolute Gasteiger partial charge is 0.435 e. The van der Waals surface area contributed by atoms with Crippen molar-refractivity contribution in [3.05, 3.63) is 35.9 Å². The maximum Gasteiger partial charge on any atom is 0.314 e. The number of ether oxygens (including phenoxy) is 2. The van der Waals surface area contributed by atoms with Gasteiger partial charge in [0.05, 0.1) is 12.0 Å². The molecule has 2 rings (SSSR count). The summed E-state index contributed by atoms with van der Waals surface area (Å²) in [6.07, 6.45) is 1.38. The first-order chi connectivity index (χ1) is 10.3. The van der Waals surface area contributed by atoms with Crippen molar-refractivity contribution in [3.8, 4) is 0 Å². The Hall–Kier alpha value is -1.35. The monoisotopic (exact) mass is 304 g/mol. The van der Waals surface area contributed by atoms with Crippen LogP contribution in [0.2, 0.25) is 0 Å². The summed E-state index contributed by atoms with van der Waals surface area (Å²) in [5.41, 5.74) is 0.984. The summed E-state index contributed by atoms with van der Waals surface area (Å²) in [7, 11) is 0. The summed E-state index contributed by atoms with van der Waals surface area (Å²) in [5.74, 6) is -0.212. The molecule has 1 aromatic carbocycles. The zero-order valence-corrected chi connectivity index (χ0v) is 14.3. The zero-order chi connectivity index (χ0) is 16.3. The predicted molar refractivity (Wildman–Crippen MR) is 87.5 cm³/mol. The fourth-order valence-corrected chi connectivity index (χ4v) is 3.12. The smallest absolute Gasteiger partial charge is 0.314 e. The van der Waals surface area contributed by atoms with Crippen molar-refractivity contribution in [3.63, 3.8) is 0 Å². The van der Waals surface area contributed by atoms with Crippen molar-refractivity contribution in [2.75, 3.05) is 0 Å². The van der Waals surface area contributed by atoms with E-state index in [-0.39, 0.29) is 29.3 Å². The van der Waals surface area contributed by atoms with Crippen molar-refractivity contribution >= 4 is 5.97 Å². The molecule has 0 spiro atoms. The van der Waals surface area contributed by atoms with Gasteiger partial charge < -0.3 is 9.47 Å². The Labute approximate surface area is 134 Å². The summed E-state index contributed by atoms with van der Waals surface area (Å²) >= 11 is 0.